The van der Waals surface area contributed by atoms with Gasteiger partial charge in [-0.15, -0.1) is 0 Å². The number of rotatable bonds is 1. The quantitative estimate of drug-likeness (QED) is 0.364. The number of esters is 1. The van der Waals surface area contributed by atoms with Gasteiger partial charge in [0.1, 0.15) is 5.41 Å². The molecule has 0 amide bonds. The van der Waals surface area contributed by atoms with Gasteiger partial charge in [-0.05, 0) is 18.3 Å². The summed E-state index contributed by atoms with van der Waals surface area (Å²) in [5.41, 5.74) is -1.79. The van der Waals surface area contributed by atoms with E-state index in [2.05, 4.69) is 0 Å². The average Bonchev–Trinajstić information content (AvgIpc) is 2.53. The van der Waals surface area contributed by atoms with E-state index in [-0.39, 0.29) is 5.92 Å². The highest BCUT2D eigenvalue weighted by atomic mass is 16.5. The smallest absolute Gasteiger partial charge is 0.320 e. The Bertz CT molecular complexity index is 369. The minimum Gasteiger partial charge on any atom is -0.468 e. The minimum absolute atomic E-state index is 0.302. The molecule has 2 unspecified atom stereocenters. The molecule has 2 aliphatic rings. The van der Waals surface area contributed by atoms with Crippen LogP contribution in [-0.4, -0.2) is 24.6 Å². The van der Waals surface area contributed by atoms with Crippen LogP contribution in [0.2, 0.25) is 0 Å². The summed E-state index contributed by atoms with van der Waals surface area (Å²) >= 11 is 0. The minimum atomic E-state index is -1.20. The van der Waals surface area contributed by atoms with Gasteiger partial charge in [0.05, 0.1) is 7.11 Å². The maximum absolute atomic E-state index is 11.9. The largest absolute Gasteiger partial charge is 0.468 e. The normalized spacial score (nSPS) is 37.1. The summed E-state index contributed by atoms with van der Waals surface area (Å²) in [6.45, 7) is 3.62. The molecule has 15 heavy (non-hydrogen) atoms. The van der Waals surface area contributed by atoms with Crippen LogP contribution < -0.4 is 0 Å². The van der Waals surface area contributed by atoms with E-state index >= 15 is 0 Å². The van der Waals surface area contributed by atoms with Crippen molar-refractivity contribution in [2.45, 2.75) is 26.7 Å². The van der Waals surface area contributed by atoms with Crippen molar-refractivity contribution in [3.8, 4) is 0 Å². The third-order valence-electron chi connectivity index (χ3n) is 4.24. The van der Waals surface area contributed by atoms with Crippen LogP contribution >= 0.6 is 0 Å². The number of carbonyl (C=O) groups is 3. The summed E-state index contributed by atoms with van der Waals surface area (Å²) in [7, 11) is 1.26. The number of carbonyl (C=O) groups excluding carboxylic acids is 3. The van der Waals surface area contributed by atoms with Crippen LogP contribution in [0.25, 0.3) is 0 Å². The van der Waals surface area contributed by atoms with Crippen LogP contribution in [0.15, 0.2) is 0 Å². The number of ketones is 2. The molecule has 0 aliphatic heterocycles. The molecule has 2 saturated carbocycles. The first kappa shape index (κ1) is 10.3. The fraction of sp³-hybridized carbons (Fsp3) is 0.727. The number of methoxy groups -OCH3 is 1. The van der Waals surface area contributed by atoms with Crippen molar-refractivity contribution < 1.29 is 19.1 Å². The van der Waals surface area contributed by atoms with E-state index in [4.69, 9.17) is 4.74 Å². The fourth-order valence-corrected chi connectivity index (χ4v) is 3.21. The first-order chi connectivity index (χ1) is 6.89. The van der Waals surface area contributed by atoms with Gasteiger partial charge in [0.15, 0.2) is 0 Å². The summed E-state index contributed by atoms with van der Waals surface area (Å²) in [6.07, 6.45) is 1.06. The van der Waals surface area contributed by atoms with Crippen LogP contribution in [0.5, 0.6) is 0 Å². The third-order valence-corrected chi connectivity index (χ3v) is 4.24. The molecule has 0 saturated heterocycles. The van der Waals surface area contributed by atoms with Gasteiger partial charge in [0.2, 0.25) is 11.6 Å². The highest BCUT2D eigenvalue weighted by Crippen LogP contribution is 2.62. The van der Waals surface area contributed by atoms with E-state index in [1.54, 1.807) is 0 Å². The topological polar surface area (TPSA) is 60.4 Å². The number of hydrogen-bond donors (Lipinski definition) is 0. The number of Topliss-reactive ketones (excluding diaryl/α,β-unsaturated/α-hetero) is 2. The number of hydrogen-bond acceptors (Lipinski definition) is 4. The average molecular weight is 210 g/mol. The monoisotopic (exact) mass is 210 g/mol. The zero-order valence-electron chi connectivity index (χ0n) is 9.12. The van der Waals surface area contributed by atoms with E-state index in [1.165, 1.54) is 7.11 Å². The predicted molar refractivity (Wildman–Crippen MR) is 51.0 cm³/mol. The van der Waals surface area contributed by atoms with Crippen molar-refractivity contribution in [2.24, 2.45) is 16.7 Å². The van der Waals surface area contributed by atoms with Gasteiger partial charge in [0.25, 0.3) is 0 Å². The van der Waals surface area contributed by atoms with E-state index in [9.17, 15) is 14.4 Å². The second kappa shape index (κ2) is 2.68. The Morgan fingerprint density at radius 2 is 2.00 bits per heavy atom. The molecular weight excluding hydrogens is 196 g/mol. The Kier molecular flexibility index (Phi) is 1.85. The summed E-state index contributed by atoms with van der Waals surface area (Å²) in [4.78, 5) is 35.3. The molecule has 0 aromatic rings. The van der Waals surface area contributed by atoms with E-state index in [1.807, 2.05) is 13.8 Å². The van der Waals surface area contributed by atoms with Gasteiger partial charge in [-0.25, -0.2) is 0 Å². The summed E-state index contributed by atoms with van der Waals surface area (Å²) in [5.74, 6) is -1.79. The highest BCUT2D eigenvalue weighted by molar-refractivity contribution is 6.47. The van der Waals surface area contributed by atoms with Crippen LogP contribution in [-0.2, 0) is 19.1 Å². The van der Waals surface area contributed by atoms with Gasteiger partial charge in [-0.1, -0.05) is 13.8 Å². The molecule has 2 bridgehead atoms. The standard InChI is InChI=1S/C11H14O4/c1-10(2)6-4-5-11(10,9(14)15-3)8(13)7(6)12/h6H,4-5H2,1-3H3. The van der Waals surface area contributed by atoms with Crippen LogP contribution in [0, 0.1) is 16.7 Å². The van der Waals surface area contributed by atoms with E-state index in [0.29, 0.717) is 12.8 Å². The van der Waals surface area contributed by atoms with Gasteiger partial charge in [-0.2, -0.15) is 0 Å². The summed E-state index contributed by atoms with van der Waals surface area (Å²) in [6, 6.07) is 0. The molecule has 2 rings (SSSR count). The SMILES string of the molecule is COC(=O)C12CCC(C(=O)C1=O)C2(C)C. The highest BCUT2D eigenvalue weighted by Gasteiger charge is 2.73. The molecule has 0 N–H and O–H groups in total. The molecule has 2 fully saturated rings. The Labute approximate surface area is 88.0 Å². The van der Waals surface area contributed by atoms with Crippen molar-refractivity contribution >= 4 is 17.5 Å². The second-order valence-corrected chi connectivity index (χ2v) is 4.90. The van der Waals surface area contributed by atoms with Crippen LogP contribution in [0.1, 0.15) is 26.7 Å². The van der Waals surface area contributed by atoms with Gasteiger partial charge in [-0.3, -0.25) is 14.4 Å². The fourth-order valence-electron chi connectivity index (χ4n) is 3.21. The second-order valence-electron chi connectivity index (χ2n) is 4.90. The van der Waals surface area contributed by atoms with Crippen molar-refractivity contribution in [3.05, 3.63) is 0 Å². The first-order valence-electron chi connectivity index (χ1n) is 5.06. The molecule has 0 heterocycles. The molecule has 4 heteroatoms. The molecule has 4 nitrogen and oxygen atoms in total. The molecule has 2 aliphatic carbocycles. The maximum atomic E-state index is 11.9. The predicted octanol–water partition coefficient (Wildman–Crippen LogP) is 0.734. The Morgan fingerprint density at radius 3 is 2.40 bits per heavy atom. The number of ether oxygens (including phenoxy) is 1. The first-order valence-corrected chi connectivity index (χ1v) is 5.06. The zero-order valence-corrected chi connectivity index (χ0v) is 9.12. The summed E-state index contributed by atoms with van der Waals surface area (Å²) in [5, 5.41) is 0. The van der Waals surface area contributed by atoms with Crippen LogP contribution in [0.4, 0.5) is 0 Å². The lowest BCUT2D eigenvalue weighted by atomic mass is 9.69. The van der Waals surface area contributed by atoms with Crippen molar-refractivity contribution in [2.75, 3.05) is 7.11 Å². The third kappa shape index (κ3) is 0.856. The van der Waals surface area contributed by atoms with Crippen molar-refractivity contribution in [3.63, 3.8) is 0 Å². The van der Waals surface area contributed by atoms with E-state index in [0.717, 1.165) is 0 Å². The van der Waals surface area contributed by atoms with Crippen molar-refractivity contribution in [1.82, 2.24) is 0 Å². The maximum Gasteiger partial charge on any atom is 0.320 e. The molecule has 0 radical (unpaired) electrons. The molecule has 82 valence electrons. The molecule has 0 aromatic heterocycles. The lowest BCUT2D eigenvalue weighted by Gasteiger charge is -2.32. The Hall–Kier alpha value is -1.19. The molecular formula is C11H14O4. The Balaban J connectivity index is 2.59. The molecule has 2 atom stereocenters. The van der Waals surface area contributed by atoms with Gasteiger partial charge in [0, 0.05) is 5.92 Å². The summed E-state index contributed by atoms with van der Waals surface area (Å²) < 4.78 is 4.70. The number of fused-ring (bicyclic) bond motifs is 2. The van der Waals surface area contributed by atoms with Gasteiger partial charge < -0.3 is 4.74 Å². The van der Waals surface area contributed by atoms with Crippen LogP contribution in [0.3, 0.4) is 0 Å². The lowest BCUT2D eigenvalue weighted by molar-refractivity contribution is -0.162. The molecule has 0 spiro atoms. The zero-order chi connectivity index (χ0) is 11.4. The van der Waals surface area contributed by atoms with Gasteiger partial charge >= 0.3 is 5.97 Å². The van der Waals surface area contributed by atoms with E-state index < -0.39 is 28.4 Å². The molecule has 0 aromatic carbocycles. The Morgan fingerprint density at radius 1 is 1.40 bits per heavy atom. The van der Waals surface area contributed by atoms with Crippen molar-refractivity contribution in [1.29, 1.82) is 0 Å². The lowest BCUT2D eigenvalue weighted by Crippen LogP contribution is -2.45.